The van der Waals surface area contributed by atoms with Crippen LogP contribution in [0.1, 0.15) is 38.3 Å². The SMILES string of the molecule is CCN1CCCC1CNC(C)c1cc(Cl)ccc1Cl. The van der Waals surface area contributed by atoms with E-state index < -0.39 is 0 Å². The number of halogens is 2. The molecule has 2 nitrogen and oxygen atoms in total. The molecule has 2 unspecified atom stereocenters. The summed E-state index contributed by atoms with van der Waals surface area (Å²) in [4.78, 5) is 2.54. The van der Waals surface area contributed by atoms with E-state index in [2.05, 4.69) is 24.1 Å². The molecule has 106 valence electrons. The first-order valence-electron chi connectivity index (χ1n) is 7.04. The zero-order valence-electron chi connectivity index (χ0n) is 11.6. The summed E-state index contributed by atoms with van der Waals surface area (Å²) in [5.41, 5.74) is 1.08. The van der Waals surface area contributed by atoms with Gasteiger partial charge in [-0.2, -0.15) is 0 Å². The van der Waals surface area contributed by atoms with Crippen molar-refractivity contribution in [2.75, 3.05) is 19.6 Å². The predicted molar refractivity (Wildman–Crippen MR) is 83.1 cm³/mol. The molecule has 0 aromatic heterocycles. The molecule has 0 saturated carbocycles. The number of likely N-dealkylation sites (N-methyl/N-ethyl adjacent to an activating group) is 1. The minimum atomic E-state index is 0.227. The van der Waals surface area contributed by atoms with E-state index in [1.807, 2.05) is 18.2 Å². The van der Waals surface area contributed by atoms with E-state index in [0.717, 1.165) is 28.7 Å². The quantitative estimate of drug-likeness (QED) is 0.879. The van der Waals surface area contributed by atoms with Gasteiger partial charge in [-0.05, 0) is 56.6 Å². The third kappa shape index (κ3) is 3.85. The molecule has 19 heavy (non-hydrogen) atoms. The average Bonchev–Trinajstić information content (AvgIpc) is 2.86. The third-order valence-corrected chi connectivity index (χ3v) is 4.57. The topological polar surface area (TPSA) is 15.3 Å². The summed E-state index contributed by atoms with van der Waals surface area (Å²) in [5, 5.41) is 5.11. The molecule has 0 spiro atoms. The highest BCUT2D eigenvalue weighted by Gasteiger charge is 2.23. The number of rotatable bonds is 5. The standard InChI is InChI=1S/C15H22Cl2N2/c1-3-19-8-4-5-13(19)10-18-11(2)14-9-12(16)6-7-15(14)17/h6-7,9,11,13,18H,3-5,8,10H2,1-2H3. The summed E-state index contributed by atoms with van der Waals surface area (Å²) in [6.07, 6.45) is 2.60. The summed E-state index contributed by atoms with van der Waals surface area (Å²) < 4.78 is 0. The molecule has 0 aliphatic carbocycles. The van der Waals surface area contributed by atoms with Gasteiger partial charge in [0, 0.05) is 28.7 Å². The molecule has 1 heterocycles. The molecule has 1 saturated heterocycles. The van der Waals surface area contributed by atoms with Crippen LogP contribution in [0.2, 0.25) is 10.0 Å². The number of nitrogens with one attached hydrogen (secondary N) is 1. The lowest BCUT2D eigenvalue weighted by atomic mass is 10.1. The van der Waals surface area contributed by atoms with E-state index in [9.17, 15) is 0 Å². The van der Waals surface area contributed by atoms with Crippen molar-refractivity contribution in [3.8, 4) is 0 Å². The van der Waals surface area contributed by atoms with Gasteiger partial charge in [-0.25, -0.2) is 0 Å². The Morgan fingerprint density at radius 1 is 1.42 bits per heavy atom. The summed E-state index contributed by atoms with van der Waals surface area (Å²) >= 11 is 12.3. The lowest BCUT2D eigenvalue weighted by molar-refractivity contribution is 0.255. The normalized spacial score (nSPS) is 21.8. The minimum absolute atomic E-state index is 0.227. The first-order chi connectivity index (χ1) is 9.11. The van der Waals surface area contributed by atoms with Crippen molar-refractivity contribution in [1.29, 1.82) is 0 Å². The molecule has 4 heteroatoms. The van der Waals surface area contributed by atoms with Crippen molar-refractivity contribution in [3.05, 3.63) is 33.8 Å². The molecule has 0 bridgehead atoms. The van der Waals surface area contributed by atoms with Gasteiger partial charge in [0.25, 0.3) is 0 Å². The maximum Gasteiger partial charge on any atom is 0.0454 e. The molecule has 1 aliphatic heterocycles. The Morgan fingerprint density at radius 2 is 2.21 bits per heavy atom. The predicted octanol–water partition coefficient (Wildman–Crippen LogP) is 4.13. The Hall–Kier alpha value is -0.280. The van der Waals surface area contributed by atoms with E-state index in [1.165, 1.54) is 19.4 Å². The molecule has 2 atom stereocenters. The fraction of sp³-hybridized carbons (Fsp3) is 0.600. The molecule has 2 rings (SSSR count). The minimum Gasteiger partial charge on any atom is -0.309 e. The average molecular weight is 301 g/mol. The molecular formula is C15H22Cl2N2. The maximum atomic E-state index is 6.23. The number of hydrogen-bond donors (Lipinski definition) is 1. The van der Waals surface area contributed by atoms with Crippen molar-refractivity contribution in [1.82, 2.24) is 10.2 Å². The van der Waals surface area contributed by atoms with Crippen molar-refractivity contribution < 1.29 is 0 Å². The molecule has 1 aliphatic rings. The van der Waals surface area contributed by atoms with Gasteiger partial charge in [0.1, 0.15) is 0 Å². The number of nitrogens with zero attached hydrogens (tertiary/aromatic N) is 1. The highest BCUT2D eigenvalue weighted by molar-refractivity contribution is 6.33. The molecular weight excluding hydrogens is 279 g/mol. The van der Waals surface area contributed by atoms with Gasteiger partial charge >= 0.3 is 0 Å². The highest BCUT2D eigenvalue weighted by atomic mass is 35.5. The van der Waals surface area contributed by atoms with E-state index in [0.29, 0.717) is 6.04 Å². The first kappa shape index (κ1) is 15.1. The van der Waals surface area contributed by atoms with E-state index in [-0.39, 0.29) is 6.04 Å². The van der Waals surface area contributed by atoms with Crippen LogP contribution in [-0.4, -0.2) is 30.6 Å². The second-order valence-corrected chi connectivity index (χ2v) is 6.06. The van der Waals surface area contributed by atoms with Crippen molar-refractivity contribution >= 4 is 23.2 Å². The fourth-order valence-electron chi connectivity index (χ4n) is 2.81. The van der Waals surface area contributed by atoms with Gasteiger partial charge < -0.3 is 5.32 Å². The van der Waals surface area contributed by atoms with Crippen molar-refractivity contribution in [2.24, 2.45) is 0 Å². The second-order valence-electron chi connectivity index (χ2n) is 5.22. The van der Waals surface area contributed by atoms with Crippen LogP contribution in [0.5, 0.6) is 0 Å². The Morgan fingerprint density at radius 3 is 2.95 bits per heavy atom. The van der Waals surface area contributed by atoms with Crippen LogP contribution in [0.25, 0.3) is 0 Å². The number of hydrogen-bond acceptors (Lipinski definition) is 2. The Balaban J connectivity index is 1.93. The summed E-state index contributed by atoms with van der Waals surface area (Å²) in [7, 11) is 0. The first-order valence-corrected chi connectivity index (χ1v) is 7.79. The van der Waals surface area contributed by atoms with Crippen LogP contribution in [0, 0.1) is 0 Å². The Bertz CT molecular complexity index is 423. The molecule has 1 fully saturated rings. The largest absolute Gasteiger partial charge is 0.309 e. The zero-order valence-corrected chi connectivity index (χ0v) is 13.1. The number of likely N-dealkylation sites (tertiary alicyclic amines) is 1. The monoisotopic (exact) mass is 300 g/mol. The van der Waals surface area contributed by atoms with E-state index in [1.54, 1.807) is 0 Å². The van der Waals surface area contributed by atoms with Gasteiger partial charge in [0.05, 0.1) is 0 Å². The van der Waals surface area contributed by atoms with E-state index >= 15 is 0 Å². The molecule has 0 radical (unpaired) electrons. The zero-order chi connectivity index (χ0) is 13.8. The fourth-order valence-corrected chi connectivity index (χ4v) is 3.27. The lowest BCUT2D eigenvalue weighted by Gasteiger charge is -2.25. The van der Waals surface area contributed by atoms with Crippen molar-refractivity contribution in [2.45, 2.75) is 38.8 Å². The van der Waals surface area contributed by atoms with Crippen LogP contribution in [-0.2, 0) is 0 Å². The van der Waals surface area contributed by atoms with Gasteiger partial charge in [-0.1, -0.05) is 30.1 Å². The maximum absolute atomic E-state index is 6.23. The molecule has 1 aromatic carbocycles. The summed E-state index contributed by atoms with van der Waals surface area (Å²) in [6, 6.07) is 6.53. The van der Waals surface area contributed by atoms with Crippen LogP contribution in [0.15, 0.2) is 18.2 Å². The van der Waals surface area contributed by atoms with Crippen molar-refractivity contribution in [3.63, 3.8) is 0 Å². The summed E-state index contributed by atoms with van der Waals surface area (Å²) in [5.74, 6) is 0. The Kier molecular flexibility index (Phi) is 5.52. The lowest BCUT2D eigenvalue weighted by Crippen LogP contribution is -2.38. The third-order valence-electron chi connectivity index (χ3n) is 3.99. The van der Waals surface area contributed by atoms with Gasteiger partial charge in [0.15, 0.2) is 0 Å². The van der Waals surface area contributed by atoms with Crippen LogP contribution in [0.4, 0.5) is 0 Å². The van der Waals surface area contributed by atoms with E-state index in [4.69, 9.17) is 23.2 Å². The molecule has 0 amide bonds. The van der Waals surface area contributed by atoms with Gasteiger partial charge in [-0.15, -0.1) is 0 Å². The molecule has 1 N–H and O–H groups in total. The van der Waals surface area contributed by atoms with Gasteiger partial charge in [-0.3, -0.25) is 4.90 Å². The second kappa shape index (κ2) is 6.94. The van der Waals surface area contributed by atoms with Crippen LogP contribution in [0.3, 0.4) is 0 Å². The van der Waals surface area contributed by atoms with Crippen LogP contribution < -0.4 is 5.32 Å². The summed E-state index contributed by atoms with van der Waals surface area (Å²) in [6.45, 7) is 7.75. The number of benzene rings is 1. The van der Waals surface area contributed by atoms with Gasteiger partial charge in [0.2, 0.25) is 0 Å². The Labute approximate surface area is 126 Å². The smallest absolute Gasteiger partial charge is 0.0454 e. The molecule has 1 aromatic rings. The van der Waals surface area contributed by atoms with Crippen LogP contribution >= 0.6 is 23.2 Å². The highest BCUT2D eigenvalue weighted by Crippen LogP contribution is 2.26.